The maximum absolute atomic E-state index is 13.2. The van der Waals surface area contributed by atoms with Gasteiger partial charge in [-0.1, -0.05) is 30.3 Å². The second-order valence-electron chi connectivity index (χ2n) is 6.81. The lowest BCUT2D eigenvalue weighted by Crippen LogP contribution is -2.42. The predicted octanol–water partition coefficient (Wildman–Crippen LogP) is 2.47. The van der Waals surface area contributed by atoms with Crippen molar-refractivity contribution in [1.29, 1.82) is 0 Å². The molecule has 0 fully saturated rings. The number of hydrogen-bond donors (Lipinski definition) is 1. The number of nitrogens with zero attached hydrogens (tertiary/aromatic N) is 2. The van der Waals surface area contributed by atoms with Crippen LogP contribution in [0.5, 0.6) is 0 Å². The lowest BCUT2D eigenvalue weighted by molar-refractivity contribution is -0.300. The van der Waals surface area contributed by atoms with Crippen LogP contribution < -0.4 is 11.2 Å². The zero-order valence-corrected chi connectivity index (χ0v) is 18.3. The molecule has 0 unspecified atom stereocenters. The lowest BCUT2D eigenvalue weighted by Gasteiger charge is -2.18. The van der Waals surface area contributed by atoms with Gasteiger partial charge in [-0.2, -0.15) is 0 Å². The van der Waals surface area contributed by atoms with E-state index in [1.807, 2.05) is 30.3 Å². The van der Waals surface area contributed by atoms with E-state index in [0.717, 1.165) is 15.0 Å². The van der Waals surface area contributed by atoms with Gasteiger partial charge < -0.3 is 9.84 Å². The van der Waals surface area contributed by atoms with Crippen LogP contribution in [0.1, 0.15) is 29.0 Å². The summed E-state index contributed by atoms with van der Waals surface area (Å²) in [6.07, 6.45) is -0.469. The van der Waals surface area contributed by atoms with Crippen molar-refractivity contribution in [3.8, 4) is 0 Å². The van der Waals surface area contributed by atoms with E-state index in [9.17, 15) is 19.5 Å². The van der Waals surface area contributed by atoms with E-state index in [2.05, 4.69) is 0 Å². The van der Waals surface area contributed by atoms with Crippen LogP contribution in [0.15, 0.2) is 39.9 Å². The first-order valence-electron chi connectivity index (χ1n) is 9.68. The second-order valence-corrected chi connectivity index (χ2v) is 7.90. The molecule has 9 nitrogen and oxygen atoms in total. The molecule has 0 saturated carbocycles. The number of aromatic nitrogens is 2. The van der Waals surface area contributed by atoms with Gasteiger partial charge in [0.25, 0.3) is 5.56 Å². The third kappa shape index (κ3) is 4.77. The fraction of sp³-hybridized carbons (Fsp3) is 0.381. The molecular weight excluding hydrogens is 424 g/mol. The monoisotopic (exact) mass is 448 g/mol. The zero-order valence-electron chi connectivity index (χ0n) is 17.5. The molecule has 1 N–H and O–H groups in total. The summed E-state index contributed by atoms with van der Waals surface area (Å²) < 4.78 is 7.76. The highest BCUT2D eigenvalue weighted by atomic mass is 32.1. The lowest BCUT2D eigenvalue weighted by atomic mass is 10.1. The third-order valence-corrected chi connectivity index (χ3v) is 6.17. The molecule has 1 atom stereocenters. The van der Waals surface area contributed by atoms with Crippen molar-refractivity contribution in [1.82, 2.24) is 9.13 Å². The van der Waals surface area contributed by atoms with Crippen LogP contribution in [0.2, 0.25) is 0 Å². The number of aliphatic carboxylic acids is 1. The molecule has 3 rings (SSSR count). The van der Waals surface area contributed by atoms with Gasteiger partial charge >= 0.3 is 11.7 Å². The Kier molecular flexibility index (Phi) is 7.39. The molecule has 2 aromatic heterocycles. The average Bonchev–Trinajstić information content (AvgIpc) is 3.08. The molecule has 0 spiro atoms. The van der Waals surface area contributed by atoms with Gasteiger partial charge in [-0.25, -0.2) is 19.1 Å². The number of carboxylic acid groups (broad SMARTS) is 1. The van der Waals surface area contributed by atoms with Crippen molar-refractivity contribution >= 4 is 27.5 Å². The fourth-order valence-electron chi connectivity index (χ4n) is 3.34. The summed E-state index contributed by atoms with van der Waals surface area (Å²) in [5, 5.41) is 9.53. The van der Waals surface area contributed by atoms with Gasteiger partial charge in [0, 0.05) is 12.0 Å². The molecule has 1 aromatic carbocycles. The molecule has 3 aromatic rings. The van der Waals surface area contributed by atoms with E-state index in [4.69, 9.17) is 14.5 Å². The Bertz CT molecular complexity index is 1180. The maximum atomic E-state index is 13.2. The van der Waals surface area contributed by atoms with Crippen molar-refractivity contribution in [2.24, 2.45) is 0 Å². The number of carbonyl (C=O) groups is 1. The molecular formula is C21H24N2O7S. The Hall–Kier alpha value is -2.79. The van der Waals surface area contributed by atoms with Gasteiger partial charge in [0.05, 0.1) is 18.5 Å². The Morgan fingerprint density at radius 3 is 2.48 bits per heavy atom. The predicted molar refractivity (Wildman–Crippen MR) is 115 cm³/mol. The summed E-state index contributed by atoms with van der Waals surface area (Å²) in [5.41, 5.74) is 0.153. The minimum absolute atomic E-state index is 0.109. The smallest absolute Gasteiger partial charge is 0.332 e. The van der Waals surface area contributed by atoms with Crippen molar-refractivity contribution in [3.05, 3.63) is 67.2 Å². The fourth-order valence-corrected chi connectivity index (χ4v) is 4.54. The topological polar surface area (TPSA) is 109 Å². The van der Waals surface area contributed by atoms with Crippen LogP contribution in [0, 0.1) is 6.92 Å². The van der Waals surface area contributed by atoms with Crippen molar-refractivity contribution < 1.29 is 24.4 Å². The molecule has 0 aliphatic rings. The Morgan fingerprint density at radius 1 is 1.16 bits per heavy atom. The first kappa shape index (κ1) is 22.9. The molecule has 0 bridgehead atoms. The quantitative estimate of drug-likeness (QED) is 0.288. The number of hydrogen-bond acceptors (Lipinski definition) is 7. The van der Waals surface area contributed by atoms with Gasteiger partial charge in [0.15, 0.2) is 0 Å². The molecule has 10 heteroatoms. The van der Waals surface area contributed by atoms with Crippen LogP contribution in [0.3, 0.4) is 0 Å². The van der Waals surface area contributed by atoms with Gasteiger partial charge in [-0.15, -0.1) is 11.3 Å². The first-order valence-corrected chi connectivity index (χ1v) is 10.5. The Balaban J connectivity index is 2.20. The van der Waals surface area contributed by atoms with E-state index in [1.54, 1.807) is 13.8 Å². The molecule has 0 amide bonds. The van der Waals surface area contributed by atoms with Crippen molar-refractivity contribution in [3.63, 3.8) is 0 Å². The highest BCUT2D eigenvalue weighted by molar-refractivity contribution is 7.18. The average molecular weight is 448 g/mol. The largest absolute Gasteiger partial charge is 0.480 e. The summed E-state index contributed by atoms with van der Waals surface area (Å²) >= 11 is 1.25. The Morgan fingerprint density at radius 2 is 1.87 bits per heavy atom. The second kappa shape index (κ2) is 10.0. The van der Waals surface area contributed by atoms with Crippen LogP contribution >= 0.6 is 11.3 Å². The first-order chi connectivity index (χ1) is 14.9. The number of rotatable bonds is 10. The Labute approximate surface area is 182 Å². The number of carboxylic acids is 1. The number of aryl methyl sites for hydroxylation is 1. The highest BCUT2D eigenvalue weighted by Crippen LogP contribution is 2.30. The van der Waals surface area contributed by atoms with E-state index in [1.165, 1.54) is 23.0 Å². The van der Waals surface area contributed by atoms with Crippen molar-refractivity contribution in [2.45, 2.75) is 39.6 Å². The molecule has 0 saturated heterocycles. The molecule has 0 aliphatic heterocycles. The van der Waals surface area contributed by atoms with Crippen LogP contribution in [-0.2, 0) is 39.0 Å². The minimum Gasteiger partial charge on any atom is -0.480 e. The van der Waals surface area contributed by atoms with Crippen molar-refractivity contribution in [2.75, 3.05) is 13.7 Å². The van der Waals surface area contributed by atoms with Crippen LogP contribution in [0.25, 0.3) is 10.2 Å². The molecule has 31 heavy (non-hydrogen) atoms. The number of methoxy groups -OCH3 is 1. The van der Waals surface area contributed by atoms with Gasteiger partial charge in [0.2, 0.25) is 0 Å². The molecule has 0 aliphatic carbocycles. The molecule has 0 radical (unpaired) electrons. The van der Waals surface area contributed by atoms with Crippen LogP contribution in [0.4, 0.5) is 0 Å². The number of fused-ring (bicyclic) bond motifs is 1. The SMILES string of the molecule is CCOOCc1sc2c(c1C)c(=O)n(CC(=O)O)c(=O)n2C[C@@H](OC)c1ccccc1. The number of ether oxygens (including phenoxy) is 1. The zero-order chi connectivity index (χ0) is 22.5. The third-order valence-electron chi connectivity index (χ3n) is 4.88. The van der Waals surface area contributed by atoms with E-state index in [-0.39, 0.29) is 13.2 Å². The summed E-state index contributed by atoms with van der Waals surface area (Å²) in [6.45, 7) is 3.40. The number of thiophene rings is 1. The summed E-state index contributed by atoms with van der Waals surface area (Å²) in [6, 6.07) is 9.36. The summed E-state index contributed by atoms with van der Waals surface area (Å²) in [5.74, 6) is -1.27. The highest BCUT2D eigenvalue weighted by Gasteiger charge is 2.23. The van der Waals surface area contributed by atoms with Gasteiger partial charge in [-0.05, 0) is 25.0 Å². The minimum atomic E-state index is -1.27. The summed E-state index contributed by atoms with van der Waals surface area (Å²) in [4.78, 5) is 48.8. The van der Waals surface area contributed by atoms with E-state index in [0.29, 0.717) is 22.4 Å². The van der Waals surface area contributed by atoms with E-state index >= 15 is 0 Å². The maximum Gasteiger partial charge on any atom is 0.332 e. The van der Waals surface area contributed by atoms with Gasteiger partial charge in [0.1, 0.15) is 24.1 Å². The standard InChI is InChI=1S/C21H24N2O7S/c1-4-29-30-12-16-13(2)18-19(26)22(11-17(24)25)21(27)23(20(18)31-16)10-15(28-3)14-8-6-5-7-9-14/h5-9,15H,4,10-12H2,1-3H3,(H,24,25)/t15-/m1/s1. The van der Waals surface area contributed by atoms with Gasteiger partial charge in [-0.3, -0.25) is 14.2 Å². The molecule has 166 valence electrons. The molecule has 2 heterocycles. The van der Waals surface area contributed by atoms with Crippen LogP contribution in [-0.4, -0.2) is 33.9 Å². The normalized spacial score (nSPS) is 12.4. The van der Waals surface area contributed by atoms with E-state index < -0.39 is 29.9 Å². The number of benzene rings is 1. The summed E-state index contributed by atoms with van der Waals surface area (Å²) in [7, 11) is 1.54.